The Bertz CT molecular complexity index is 470. The molecular formula is C13H17NO4. The third-order valence-electron chi connectivity index (χ3n) is 3.17. The predicted octanol–water partition coefficient (Wildman–Crippen LogP) is 2.21. The van der Waals surface area contributed by atoms with Crippen LogP contribution in [0.5, 0.6) is 11.5 Å². The molecule has 1 fully saturated rings. The van der Waals surface area contributed by atoms with E-state index in [4.69, 9.17) is 9.47 Å². The fraction of sp³-hybridized carbons (Fsp3) is 0.462. The SMILES string of the molecule is COc1cccc(O)c1[C@H]1NC(=O)OCC1(C)C. The van der Waals surface area contributed by atoms with Crippen molar-refractivity contribution in [2.45, 2.75) is 19.9 Å². The van der Waals surface area contributed by atoms with Gasteiger partial charge in [-0.15, -0.1) is 0 Å². The molecule has 1 saturated heterocycles. The molecule has 1 aromatic rings. The van der Waals surface area contributed by atoms with Gasteiger partial charge in [-0.05, 0) is 12.1 Å². The van der Waals surface area contributed by atoms with E-state index in [2.05, 4.69) is 5.32 Å². The van der Waals surface area contributed by atoms with Crippen molar-refractivity contribution in [2.24, 2.45) is 5.41 Å². The number of benzene rings is 1. The zero-order valence-electron chi connectivity index (χ0n) is 10.7. The lowest BCUT2D eigenvalue weighted by Gasteiger charge is -2.39. The van der Waals surface area contributed by atoms with Gasteiger partial charge in [0.15, 0.2) is 0 Å². The number of aromatic hydroxyl groups is 1. The van der Waals surface area contributed by atoms with Crippen LogP contribution in [0.15, 0.2) is 18.2 Å². The monoisotopic (exact) mass is 251 g/mol. The summed E-state index contributed by atoms with van der Waals surface area (Å²) in [6.45, 7) is 4.22. The minimum Gasteiger partial charge on any atom is -0.507 e. The summed E-state index contributed by atoms with van der Waals surface area (Å²) in [4.78, 5) is 11.4. The van der Waals surface area contributed by atoms with Gasteiger partial charge in [0.05, 0.1) is 18.7 Å². The number of phenols is 1. The Balaban J connectivity index is 2.49. The number of alkyl carbamates (subject to hydrolysis) is 1. The molecular weight excluding hydrogens is 234 g/mol. The maximum Gasteiger partial charge on any atom is 0.407 e. The van der Waals surface area contributed by atoms with Crippen molar-refractivity contribution in [3.63, 3.8) is 0 Å². The van der Waals surface area contributed by atoms with Crippen LogP contribution in [0.2, 0.25) is 0 Å². The molecule has 5 heteroatoms. The van der Waals surface area contributed by atoms with Gasteiger partial charge in [-0.25, -0.2) is 4.79 Å². The maximum atomic E-state index is 11.4. The van der Waals surface area contributed by atoms with Crippen LogP contribution in [0, 0.1) is 5.41 Å². The summed E-state index contributed by atoms with van der Waals surface area (Å²) in [7, 11) is 1.53. The summed E-state index contributed by atoms with van der Waals surface area (Å²) in [6, 6.07) is 4.68. The molecule has 5 nitrogen and oxygen atoms in total. The Morgan fingerprint density at radius 3 is 2.89 bits per heavy atom. The highest BCUT2D eigenvalue weighted by atomic mass is 16.6. The summed E-state index contributed by atoms with van der Waals surface area (Å²) in [5, 5.41) is 12.8. The number of carbonyl (C=O) groups excluding carboxylic acids is 1. The molecule has 2 rings (SSSR count). The first-order chi connectivity index (χ1) is 8.45. The Kier molecular flexibility index (Phi) is 3.07. The first-order valence-corrected chi connectivity index (χ1v) is 5.75. The number of phenolic OH excluding ortho intramolecular Hbond substituents is 1. The van der Waals surface area contributed by atoms with E-state index in [0.717, 1.165) is 0 Å². The van der Waals surface area contributed by atoms with Crippen molar-refractivity contribution >= 4 is 6.09 Å². The molecule has 0 unspecified atom stereocenters. The molecule has 1 aliphatic heterocycles. The van der Waals surface area contributed by atoms with Crippen molar-refractivity contribution in [3.05, 3.63) is 23.8 Å². The maximum absolute atomic E-state index is 11.4. The smallest absolute Gasteiger partial charge is 0.407 e. The Morgan fingerprint density at radius 2 is 2.22 bits per heavy atom. The van der Waals surface area contributed by atoms with E-state index in [-0.39, 0.29) is 17.2 Å². The first kappa shape index (κ1) is 12.5. The molecule has 0 aromatic heterocycles. The first-order valence-electron chi connectivity index (χ1n) is 5.75. The highest BCUT2D eigenvalue weighted by molar-refractivity contribution is 5.70. The fourth-order valence-electron chi connectivity index (χ4n) is 2.15. The van der Waals surface area contributed by atoms with Crippen molar-refractivity contribution in [3.8, 4) is 11.5 Å². The van der Waals surface area contributed by atoms with E-state index >= 15 is 0 Å². The molecule has 1 aliphatic rings. The topological polar surface area (TPSA) is 67.8 Å². The van der Waals surface area contributed by atoms with Crippen molar-refractivity contribution in [2.75, 3.05) is 13.7 Å². The second-order valence-corrected chi connectivity index (χ2v) is 5.04. The quantitative estimate of drug-likeness (QED) is 0.845. The average Bonchev–Trinajstić information content (AvgIpc) is 2.32. The molecule has 0 aliphatic carbocycles. The number of hydrogen-bond donors (Lipinski definition) is 2. The number of ether oxygens (including phenoxy) is 2. The molecule has 98 valence electrons. The zero-order valence-corrected chi connectivity index (χ0v) is 10.7. The predicted molar refractivity (Wildman–Crippen MR) is 65.7 cm³/mol. The normalized spacial score (nSPS) is 21.9. The van der Waals surface area contributed by atoms with Gasteiger partial charge in [0.2, 0.25) is 0 Å². The standard InChI is InChI=1S/C13H17NO4/c1-13(2)7-18-12(16)14-11(13)10-8(15)5-4-6-9(10)17-3/h4-6,11,15H,7H2,1-3H3,(H,14,16)/t11-/m1/s1. The van der Waals surface area contributed by atoms with Crippen LogP contribution in [0.25, 0.3) is 0 Å². The molecule has 2 N–H and O–H groups in total. The van der Waals surface area contributed by atoms with Crippen LogP contribution in [0.4, 0.5) is 4.79 Å². The minimum atomic E-state index is -0.482. The molecule has 1 heterocycles. The fourth-order valence-corrected chi connectivity index (χ4v) is 2.15. The van der Waals surface area contributed by atoms with E-state index in [0.29, 0.717) is 17.9 Å². The van der Waals surface area contributed by atoms with E-state index in [9.17, 15) is 9.90 Å². The van der Waals surface area contributed by atoms with E-state index in [1.54, 1.807) is 18.2 Å². The molecule has 18 heavy (non-hydrogen) atoms. The van der Waals surface area contributed by atoms with Crippen LogP contribution in [-0.2, 0) is 4.74 Å². The second kappa shape index (κ2) is 4.40. The van der Waals surface area contributed by atoms with Crippen LogP contribution >= 0.6 is 0 Å². The largest absolute Gasteiger partial charge is 0.507 e. The number of rotatable bonds is 2. The highest BCUT2D eigenvalue weighted by Crippen LogP contribution is 2.43. The summed E-state index contributed by atoms with van der Waals surface area (Å²) < 4.78 is 10.2. The summed E-state index contributed by atoms with van der Waals surface area (Å²) in [5.41, 5.74) is 0.252. The van der Waals surface area contributed by atoms with Gasteiger partial charge in [-0.2, -0.15) is 0 Å². The Morgan fingerprint density at radius 1 is 1.50 bits per heavy atom. The number of nitrogens with one attached hydrogen (secondary N) is 1. The van der Waals surface area contributed by atoms with E-state index in [1.807, 2.05) is 13.8 Å². The van der Waals surface area contributed by atoms with Crippen LogP contribution in [0.1, 0.15) is 25.5 Å². The van der Waals surface area contributed by atoms with E-state index in [1.165, 1.54) is 7.11 Å². The number of hydrogen-bond acceptors (Lipinski definition) is 4. The minimum absolute atomic E-state index is 0.106. The van der Waals surface area contributed by atoms with Crippen LogP contribution < -0.4 is 10.1 Å². The number of cyclic esters (lactones) is 1. The van der Waals surface area contributed by atoms with Gasteiger partial charge < -0.3 is 19.9 Å². The molecule has 1 atom stereocenters. The van der Waals surface area contributed by atoms with Gasteiger partial charge in [0, 0.05) is 5.41 Å². The van der Waals surface area contributed by atoms with Gasteiger partial charge in [-0.3, -0.25) is 0 Å². The lowest BCUT2D eigenvalue weighted by atomic mass is 9.79. The van der Waals surface area contributed by atoms with Gasteiger partial charge in [0.1, 0.15) is 18.1 Å². The lowest BCUT2D eigenvalue weighted by molar-refractivity contribution is 0.0374. The Labute approximate surface area is 106 Å². The van der Waals surface area contributed by atoms with Crippen molar-refractivity contribution in [1.29, 1.82) is 0 Å². The summed E-state index contributed by atoms with van der Waals surface area (Å²) in [5.74, 6) is 0.657. The molecule has 0 radical (unpaired) electrons. The lowest BCUT2D eigenvalue weighted by Crippen LogP contribution is -2.47. The third-order valence-corrected chi connectivity index (χ3v) is 3.17. The van der Waals surface area contributed by atoms with E-state index < -0.39 is 6.09 Å². The third kappa shape index (κ3) is 2.08. The van der Waals surface area contributed by atoms with Gasteiger partial charge in [-0.1, -0.05) is 19.9 Å². The molecule has 0 spiro atoms. The molecule has 0 saturated carbocycles. The summed E-state index contributed by atoms with van der Waals surface area (Å²) >= 11 is 0. The van der Waals surface area contributed by atoms with Gasteiger partial charge in [0.25, 0.3) is 0 Å². The van der Waals surface area contributed by atoms with Crippen molar-refractivity contribution in [1.82, 2.24) is 5.32 Å². The average molecular weight is 251 g/mol. The molecule has 0 bridgehead atoms. The van der Waals surface area contributed by atoms with Crippen LogP contribution in [-0.4, -0.2) is 24.9 Å². The van der Waals surface area contributed by atoms with Crippen LogP contribution in [0.3, 0.4) is 0 Å². The zero-order chi connectivity index (χ0) is 13.3. The highest BCUT2D eigenvalue weighted by Gasteiger charge is 2.40. The van der Waals surface area contributed by atoms with Crippen molar-refractivity contribution < 1.29 is 19.4 Å². The summed E-state index contributed by atoms with van der Waals surface area (Å²) in [6.07, 6.45) is -0.482. The van der Waals surface area contributed by atoms with Gasteiger partial charge >= 0.3 is 6.09 Å². The molecule has 1 amide bonds. The Hall–Kier alpha value is -1.91. The number of amides is 1. The number of methoxy groups -OCH3 is 1. The second-order valence-electron chi connectivity index (χ2n) is 5.04. The number of carbonyl (C=O) groups is 1. The molecule has 1 aromatic carbocycles.